The standard InChI is InChI=1S/C19H20FN3O/c20-15-5-3-13(4-6-15)16-10-17(16)19(24)23-9-8-22-12-18(23)14-2-1-7-21-11-14/h1-7,11,16-18,22H,8-10,12H2. The molecule has 2 aromatic rings. The highest BCUT2D eigenvalue weighted by Gasteiger charge is 2.47. The van der Waals surface area contributed by atoms with Crippen LogP contribution in [-0.4, -0.2) is 35.4 Å². The fourth-order valence-electron chi connectivity index (χ4n) is 3.60. The number of benzene rings is 1. The number of amides is 1. The molecule has 3 unspecified atom stereocenters. The molecule has 0 bridgehead atoms. The van der Waals surface area contributed by atoms with E-state index in [0.29, 0.717) is 6.54 Å². The largest absolute Gasteiger partial charge is 0.333 e. The van der Waals surface area contributed by atoms with E-state index in [-0.39, 0.29) is 29.6 Å². The van der Waals surface area contributed by atoms with Crippen LogP contribution in [0.1, 0.15) is 29.5 Å². The van der Waals surface area contributed by atoms with Gasteiger partial charge in [-0.1, -0.05) is 18.2 Å². The maximum atomic E-state index is 13.1. The molecule has 5 heteroatoms. The second-order valence-electron chi connectivity index (χ2n) is 6.54. The normalized spacial score (nSPS) is 26.2. The fourth-order valence-corrected chi connectivity index (χ4v) is 3.60. The molecule has 3 atom stereocenters. The zero-order chi connectivity index (χ0) is 16.5. The van der Waals surface area contributed by atoms with Crippen LogP contribution in [-0.2, 0) is 4.79 Å². The summed E-state index contributed by atoms with van der Waals surface area (Å²) in [5.74, 6) is 0.218. The zero-order valence-corrected chi connectivity index (χ0v) is 13.4. The monoisotopic (exact) mass is 325 g/mol. The summed E-state index contributed by atoms with van der Waals surface area (Å²) in [6, 6.07) is 10.5. The summed E-state index contributed by atoms with van der Waals surface area (Å²) in [7, 11) is 0. The molecule has 1 amide bonds. The van der Waals surface area contributed by atoms with Crippen molar-refractivity contribution < 1.29 is 9.18 Å². The van der Waals surface area contributed by atoms with Crippen LogP contribution in [0.3, 0.4) is 0 Å². The van der Waals surface area contributed by atoms with E-state index in [1.54, 1.807) is 18.3 Å². The van der Waals surface area contributed by atoms with Crippen molar-refractivity contribution in [1.29, 1.82) is 0 Å². The average molecular weight is 325 g/mol. The van der Waals surface area contributed by atoms with Crippen LogP contribution in [0.2, 0.25) is 0 Å². The smallest absolute Gasteiger partial charge is 0.226 e. The van der Waals surface area contributed by atoms with Crippen molar-refractivity contribution >= 4 is 5.91 Å². The van der Waals surface area contributed by atoms with Crippen LogP contribution in [0, 0.1) is 11.7 Å². The van der Waals surface area contributed by atoms with Gasteiger partial charge in [0, 0.05) is 37.9 Å². The molecule has 124 valence electrons. The number of hydrogen-bond acceptors (Lipinski definition) is 3. The number of pyridine rings is 1. The number of nitrogens with one attached hydrogen (secondary N) is 1. The van der Waals surface area contributed by atoms with E-state index >= 15 is 0 Å². The summed E-state index contributed by atoms with van der Waals surface area (Å²) in [5, 5.41) is 3.36. The molecule has 1 N–H and O–H groups in total. The molecule has 0 spiro atoms. The number of hydrogen-bond donors (Lipinski definition) is 1. The molecule has 1 saturated carbocycles. The van der Waals surface area contributed by atoms with Crippen LogP contribution in [0.15, 0.2) is 48.8 Å². The summed E-state index contributed by atoms with van der Waals surface area (Å²) in [6.45, 7) is 2.28. The number of carbonyl (C=O) groups excluding carboxylic acids is 1. The Kier molecular flexibility index (Phi) is 4.02. The van der Waals surface area contributed by atoms with E-state index in [4.69, 9.17) is 0 Å². The molecule has 1 saturated heterocycles. The molecule has 4 nitrogen and oxygen atoms in total. The first-order chi connectivity index (χ1) is 11.7. The highest BCUT2D eigenvalue weighted by atomic mass is 19.1. The van der Waals surface area contributed by atoms with Gasteiger partial charge in [0.2, 0.25) is 5.91 Å². The van der Waals surface area contributed by atoms with Gasteiger partial charge in [-0.2, -0.15) is 0 Å². The molecule has 2 heterocycles. The lowest BCUT2D eigenvalue weighted by atomic mass is 10.0. The molecule has 1 aromatic carbocycles. The van der Waals surface area contributed by atoms with Gasteiger partial charge in [0.15, 0.2) is 0 Å². The second kappa shape index (κ2) is 6.32. The Labute approximate surface area is 140 Å². The Morgan fingerprint density at radius 3 is 2.79 bits per heavy atom. The van der Waals surface area contributed by atoms with E-state index in [1.165, 1.54) is 12.1 Å². The van der Waals surface area contributed by atoms with Gasteiger partial charge in [-0.15, -0.1) is 0 Å². The SMILES string of the molecule is O=C(C1CC1c1ccc(F)cc1)N1CCNCC1c1cccnc1. The van der Waals surface area contributed by atoms with Crippen LogP contribution >= 0.6 is 0 Å². The van der Waals surface area contributed by atoms with Crippen LogP contribution in [0.5, 0.6) is 0 Å². The van der Waals surface area contributed by atoms with Gasteiger partial charge in [0.05, 0.1) is 6.04 Å². The molecular weight excluding hydrogens is 305 g/mol. The Morgan fingerprint density at radius 1 is 1.21 bits per heavy atom. The second-order valence-corrected chi connectivity index (χ2v) is 6.54. The third kappa shape index (κ3) is 2.91. The molecular formula is C19H20FN3O. The minimum atomic E-state index is -0.235. The van der Waals surface area contributed by atoms with Crippen molar-refractivity contribution in [3.05, 3.63) is 65.7 Å². The molecule has 1 aromatic heterocycles. The zero-order valence-electron chi connectivity index (χ0n) is 13.4. The molecule has 2 aliphatic rings. The number of nitrogens with zero attached hydrogens (tertiary/aromatic N) is 2. The van der Waals surface area contributed by atoms with Gasteiger partial charge in [0.1, 0.15) is 5.82 Å². The van der Waals surface area contributed by atoms with E-state index in [0.717, 1.165) is 30.6 Å². The van der Waals surface area contributed by atoms with E-state index < -0.39 is 0 Å². The van der Waals surface area contributed by atoms with Crippen molar-refractivity contribution in [2.45, 2.75) is 18.4 Å². The minimum Gasteiger partial charge on any atom is -0.333 e. The molecule has 1 aliphatic carbocycles. The Balaban J connectivity index is 1.50. The first kappa shape index (κ1) is 15.3. The molecule has 1 aliphatic heterocycles. The fraction of sp³-hybridized carbons (Fsp3) is 0.368. The maximum absolute atomic E-state index is 13.1. The first-order valence-corrected chi connectivity index (χ1v) is 8.40. The predicted octanol–water partition coefficient (Wildman–Crippen LogP) is 2.50. The topological polar surface area (TPSA) is 45.2 Å². The molecule has 0 radical (unpaired) electrons. The third-order valence-electron chi connectivity index (χ3n) is 5.00. The quantitative estimate of drug-likeness (QED) is 0.943. The van der Waals surface area contributed by atoms with Crippen LogP contribution < -0.4 is 5.32 Å². The van der Waals surface area contributed by atoms with Gasteiger partial charge < -0.3 is 10.2 Å². The lowest BCUT2D eigenvalue weighted by molar-refractivity contribution is -0.136. The Morgan fingerprint density at radius 2 is 2.04 bits per heavy atom. The van der Waals surface area contributed by atoms with Crippen molar-refractivity contribution in [2.75, 3.05) is 19.6 Å². The maximum Gasteiger partial charge on any atom is 0.226 e. The lowest BCUT2D eigenvalue weighted by Gasteiger charge is -2.36. The number of piperazine rings is 1. The van der Waals surface area contributed by atoms with Crippen LogP contribution in [0.25, 0.3) is 0 Å². The van der Waals surface area contributed by atoms with E-state index in [2.05, 4.69) is 10.3 Å². The summed E-state index contributed by atoms with van der Waals surface area (Å²) in [4.78, 5) is 19.2. The molecule has 2 fully saturated rings. The van der Waals surface area contributed by atoms with Gasteiger partial charge in [-0.3, -0.25) is 9.78 Å². The lowest BCUT2D eigenvalue weighted by Crippen LogP contribution is -2.49. The van der Waals surface area contributed by atoms with E-state index in [1.807, 2.05) is 23.2 Å². The van der Waals surface area contributed by atoms with Crippen molar-refractivity contribution in [2.24, 2.45) is 5.92 Å². The summed E-state index contributed by atoms with van der Waals surface area (Å²) < 4.78 is 13.1. The molecule has 4 rings (SSSR count). The summed E-state index contributed by atoms with van der Waals surface area (Å²) in [5.41, 5.74) is 2.12. The highest BCUT2D eigenvalue weighted by Crippen LogP contribution is 2.49. The first-order valence-electron chi connectivity index (χ1n) is 8.40. The van der Waals surface area contributed by atoms with Crippen molar-refractivity contribution in [3.63, 3.8) is 0 Å². The number of aromatic nitrogens is 1. The van der Waals surface area contributed by atoms with Crippen molar-refractivity contribution in [3.8, 4) is 0 Å². The van der Waals surface area contributed by atoms with Gasteiger partial charge >= 0.3 is 0 Å². The number of carbonyl (C=O) groups is 1. The number of rotatable bonds is 3. The highest BCUT2D eigenvalue weighted by molar-refractivity contribution is 5.83. The van der Waals surface area contributed by atoms with Gasteiger partial charge in [0.25, 0.3) is 0 Å². The average Bonchev–Trinajstić information content (AvgIpc) is 3.43. The summed E-state index contributed by atoms with van der Waals surface area (Å²) in [6.07, 6.45) is 4.44. The molecule has 24 heavy (non-hydrogen) atoms. The van der Waals surface area contributed by atoms with Gasteiger partial charge in [-0.25, -0.2) is 4.39 Å². The third-order valence-corrected chi connectivity index (χ3v) is 5.00. The summed E-state index contributed by atoms with van der Waals surface area (Å²) >= 11 is 0. The van der Waals surface area contributed by atoms with E-state index in [9.17, 15) is 9.18 Å². The minimum absolute atomic E-state index is 0.0210. The van der Waals surface area contributed by atoms with Crippen molar-refractivity contribution in [1.82, 2.24) is 15.2 Å². The van der Waals surface area contributed by atoms with Crippen LogP contribution in [0.4, 0.5) is 4.39 Å². The predicted molar refractivity (Wildman–Crippen MR) is 88.8 cm³/mol. The number of halogens is 1. The Bertz CT molecular complexity index is 719. The van der Waals surface area contributed by atoms with Gasteiger partial charge in [-0.05, 0) is 41.7 Å². The Hall–Kier alpha value is -2.27.